The van der Waals surface area contributed by atoms with Crippen LogP contribution in [0, 0.1) is 0 Å². The number of thiazole rings is 1. The van der Waals surface area contributed by atoms with Crippen LogP contribution in [-0.2, 0) is 6.54 Å². The minimum Gasteiger partial charge on any atom is -0.388 e. The molecule has 1 saturated carbocycles. The molecule has 5 nitrogen and oxygen atoms in total. The van der Waals surface area contributed by atoms with Gasteiger partial charge in [0, 0.05) is 37.3 Å². The highest BCUT2D eigenvalue weighted by Crippen LogP contribution is 2.30. The highest BCUT2D eigenvalue weighted by Gasteiger charge is 2.31. The van der Waals surface area contributed by atoms with Crippen LogP contribution in [0.15, 0.2) is 11.6 Å². The molecular weight excluding hydrogens is 284 g/mol. The predicted octanol–water partition coefficient (Wildman–Crippen LogP) is 2.00. The van der Waals surface area contributed by atoms with E-state index in [0.29, 0.717) is 12.6 Å². The molecule has 0 amide bonds. The Labute approximate surface area is 128 Å². The van der Waals surface area contributed by atoms with Crippen LogP contribution in [-0.4, -0.2) is 39.2 Å². The van der Waals surface area contributed by atoms with Crippen LogP contribution in [0.2, 0.25) is 0 Å². The van der Waals surface area contributed by atoms with Gasteiger partial charge < -0.3 is 15.3 Å². The molecule has 2 fully saturated rings. The Kier molecular flexibility index (Phi) is 3.20. The fraction of sp³-hybridized carbons (Fsp3) is 0.667. The highest BCUT2D eigenvalue weighted by atomic mass is 32.1. The van der Waals surface area contributed by atoms with Crippen molar-refractivity contribution in [3.05, 3.63) is 17.3 Å². The molecule has 4 rings (SSSR count). The van der Waals surface area contributed by atoms with Crippen molar-refractivity contribution in [3.8, 4) is 0 Å². The maximum atomic E-state index is 10.4. The summed E-state index contributed by atoms with van der Waals surface area (Å²) in [5, 5.41) is 16.0. The van der Waals surface area contributed by atoms with Crippen molar-refractivity contribution in [2.45, 2.75) is 50.8 Å². The fourth-order valence-corrected chi connectivity index (χ4v) is 3.90. The number of β-amino-alcohol motifs (C(OH)–C–C–N with tert-alkyl or cyclic N) is 1. The second kappa shape index (κ2) is 4.97. The van der Waals surface area contributed by atoms with E-state index in [1.165, 1.54) is 18.5 Å². The summed E-state index contributed by atoms with van der Waals surface area (Å²) in [5.74, 6) is 1.05. The lowest BCUT2D eigenvalue weighted by Gasteiger charge is -2.37. The zero-order chi connectivity index (χ0) is 14.4. The number of rotatable bonds is 4. The number of aromatic nitrogens is 2. The molecule has 2 aromatic rings. The molecule has 114 valence electrons. The van der Waals surface area contributed by atoms with Gasteiger partial charge in [-0.15, -0.1) is 11.3 Å². The van der Waals surface area contributed by atoms with Crippen molar-refractivity contribution in [1.29, 1.82) is 0 Å². The topological polar surface area (TPSA) is 52.8 Å². The van der Waals surface area contributed by atoms with E-state index in [-0.39, 0.29) is 0 Å². The lowest BCUT2D eigenvalue weighted by atomic mass is 9.95. The Morgan fingerprint density at radius 1 is 1.52 bits per heavy atom. The van der Waals surface area contributed by atoms with E-state index >= 15 is 0 Å². The van der Waals surface area contributed by atoms with E-state index in [4.69, 9.17) is 4.98 Å². The van der Waals surface area contributed by atoms with Gasteiger partial charge in [0.05, 0.1) is 11.3 Å². The summed E-state index contributed by atoms with van der Waals surface area (Å²) in [6, 6.07) is 0.687. The molecule has 1 unspecified atom stereocenters. The zero-order valence-electron chi connectivity index (χ0n) is 12.4. The number of piperidine rings is 1. The number of nitrogens with one attached hydrogen (secondary N) is 1. The van der Waals surface area contributed by atoms with Crippen LogP contribution < -0.4 is 10.2 Å². The maximum absolute atomic E-state index is 10.4. The smallest absolute Gasteiger partial charge is 0.195 e. The summed E-state index contributed by atoms with van der Waals surface area (Å²) in [5.41, 5.74) is 0.632. The van der Waals surface area contributed by atoms with E-state index < -0.39 is 5.60 Å². The molecule has 2 aromatic heterocycles. The van der Waals surface area contributed by atoms with E-state index in [9.17, 15) is 5.11 Å². The zero-order valence-corrected chi connectivity index (χ0v) is 13.2. The van der Waals surface area contributed by atoms with Crippen molar-refractivity contribution >= 4 is 22.1 Å². The first kappa shape index (κ1) is 13.5. The molecule has 0 bridgehead atoms. The van der Waals surface area contributed by atoms with Crippen LogP contribution in [0.3, 0.4) is 0 Å². The second-order valence-electron chi connectivity index (χ2n) is 6.61. The number of nitrogens with zero attached hydrogens (tertiary/aromatic N) is 3. The molecule has 21 heavy (non-hydrogen) atoms. The van der Waals surface area contributed by atoms with E-state index in [2.05, 4.69) is 26.2 Å². The third-order valence-electron chi connectivity index (χ3n) is 4.45. The molecule has 2 N–H and O–H groups in total. The quantitative estimate of drug-likeness (QED) is 0.907. The molecule has 6 heteroatoms. The molecule has 1 saturated heterocycles. The van der Waals surface area contributed by atoms with Gasteiger partial charge in [0.1, 0.15) is 0 Å². The number of hydrogen-bond donors (Lipinski definition) is 2. The first-order valence-electron chi connectivity index (χ1n) is 7.77. The molecule has 1 atom stereocenters. The van der Waals surface area contributed by atoms with Gasteiger partial charge in [0.15, 0.2) is 10.8 Å². The Morgan fingerprint density at radius 2 is 2.38 bits per heavy atom. The molecule has 0 radical (unpaired) electrons. The summed E-state index contributed by atoms with van der Waals surface area (Å²) in [6.45, 7) is 4.45. The number of aliphatic hydroxyl groups is 1. The second-order valence-corrected chi connectivity index (χ2v) is 7.49. The molecular formula is C15H22N4OS. The first-order valence-corrected chi connectivity index (χ1v) is 8.65. The summed E-state index contributed by atoms with van der Waals surface area (Å²) >= 11 is 1.67. The van der Waals surface area contributed by atoms with E-state index in [0.717, 1.165) is 36.7 Å². The molecule has 3 heterocycles. The third kappa shape index (κ3) is 2.67. The SMILES string of the molecule is CC1(O)CCCN(c2nc3sccn3c2CNC2CC2)C1. The largest absolute Gasteiger partial charge is 0.388 e. The van der Waals surface area contributed by atoms with Gasteiger partial charge in [-0.05, 0) is 32.6 Å². The highest BCUT2D eigenvalue weighted by molar-refractivity contribution is 7.15. The van der Waals surface area contributed by atoms with Gasteiger partial charge in [-0.1, -0.05) is 0 Å². The van der Waals surface area contributed by atoms with Gasteiger partial charge in [0.2, 0.25) is 0 Å². The van der Waals surface area contributed by atoms with Crippen molar-refractivity contribution in [2.24, 2.45) is 0 Å². The summed E-state index contributed by atoms with van der Waals surface area (Å²) < 4.78 is 2.19. The normalized spacial score (nSPS) is 26.7. The summed E-state index contributed by atoms with van der Waals surface area (Å²) in [4.78, 5) is 8.12. The van der Waals surface area contributed by atoms with Gasteiger partial charge in [0.25, 0.3) is 0 Å². The maximum Gasteiger partial charge on any atom is 0.195 e. The average Bonchev–Trinajstić information content (AvgIpc) is 3.03. The lowest BCUT2D eigenvalue weighted by Crippen LogP contribution is -2.46. The third-order valence-corrected chi connectivity index (χ3v) is 5.21. The van der Waals surface area contributed by atoms with E-state index in [1.54, 1.807) is 11.3 Å². The van der Waals surface area contributed by atoms with Gasteiger partial charge in [-0.2, -0.15) is 0 Å². The van der Waals surface area contributed by atoms with Crippen molar-refractivity contribution in [1.82, 2.24) is 14.7 Å². The lowest BCUT2D eigenvalue weighted by molar-refractivity contribution is 0.0447. The minimum atomic E-state index is -0.601. The molecule has 2 aliphatic rings. The molecule has 0 spiro atoms. The van der Waals surface area contributed by atoms with Gasteiger partial charge in [-0.3, -0.25) is 4.40 Å². The van der Waals surface area contributed by atoms with Crippen LogP contribution in [0.4, 0.5) is 5.82 Å². The van der Waals surface area contributed by atoms with E-state index in [1.807, 2.05) is 6.92 Å². The predicted molar refractivity (Wildman–Crippen MR) is 85.0 cm³/mol. The van der Waals surface area contributed by atoms with Crippen molar-refractivity contribution in [2.75, 3.05) is 18.0 Å². The monoisotopic (exact) mass is 306 g/mol. The Balaban J connectivity index is 1.65. The fourth-order valence-electron chi connectivity index (χ4n) is 3.17. The molecule has 0 aromatic carbocycles. The Morgan fingerprint density at radius 3 is 3.14 bits per heavy atom. The van der Waals surface area contributed by atoms with Gasteiger partial charge in [-0.25, -0.2) is 4.98 Å². The number of imidazole rings is 1. The first-order chi connectivity index (χ1) is 10.1. The van der Waals surface area contributed by atoms with Crippen LogP contribution in [0.5, 0.6) is 0 Å². The minimum absolute atomic E-state index is 0.601. The Hall–Kier alpha value is -1.11. The number of hydrogen-bond acceptors (Lipinski definition) is 5. The van der Waals surface area contributed by atoms with Crippen LogP contribution in [0.25, 0.3) is 4.96 Å². The standard InChI is InChI=1S/C15H22N4OS/c1-15(20)5-2-6-18(10-15)13-12(9-16-11-3-4-11)19-7-8-21-14(19)17-13/h7-8,11,16,20H,2-6,9-10H2,1H3. The van der Waals surface area contributed by atoms with Gasteiger partial charge >= 0.3 is 0 Å². The van der Waals surface area contributed by atoms with Crippen LogP contribution >= 0.6 is 11.3 Å². The Bertz CT molecular complexity index is 643. The van der Waals surface area contributed by atoms with Crippen molar-refractivity contribution in [3.63, 3.8) is 0 Å². The summed E-state index contributed by atoms with van der Waals surface area (Å²) in [7, 11) is 0. The van der Waals surface area contributed by atoms with Crippen LogP contribution in [0.1, 0.15) is 38.3 Å². The number of anilines is 1. The van der Waals surface area contributed by atoms with Crippen molar-refractivity contribution < 1.29 is 5.11 Å². The number of fused-ring (bicyclic) bond motifs is 1. The average molecular weight is 306 g/mol. The molecule has 1 aliphatic heterocycles. The molecule has 1 aliphatic carbocycles. The summed E-state index contributed by atoms with van der Waals surface area (Å²) in [6.07, 6.45) is 6.58.